The molecular weight excluding hydrogens is 424 g/mol. The van der Waals surface area contributed by atoms with Gasteiger partial charge in [0.05, 0.1) is 0 Å². The molecule has 1 aromatic heterocycles. The predicted molar refractivity (Wildman–Crippen MR) is 116 cm³/mol. The molecule has 11 heteroatoms. The quantitative estimate of drug-likeness (QED) is 0.331. The van der Waals surface area contributed by atoms with Crippen molar-refractivity contribution in [1.82, 2.24) is 20.3 Å². The van der Waals surface area contributed by atoms with Gasteiger partial charge in [-0.3, -0.25) is 14.4 Å². The van der Waals surface area contributed by atoms with E-state index in [-0.39, 0.29) is 18.8 Å². The number of para-hydroxylation sites is 1. The maximum atomic E-state index is 12.9. The molecule has 31 heavy (non-hydrogen) atoms. The molecule has 2 atom stereocenters. The van der Waals surface area contributed by atoms with Gasteiger partial charge in [0.2, 0.25) is 21.8 Å². The summed E-state index contributed by atoms with van der Waals surface area (Å²) in [5.41, 5.74) is 1.70. The lowest BCUT2D eigenvalue weighted by Gasteiger charge is -2.23. The monoisotopic (exact) mass is 452 g/mol. The number of carboxylic acids is 1. The van der Waals surface area contributed by atoms with Crippen LogP contribution in [0.3, 0.4) is 0 Å². The first-order chi connectivity index (χ1) is 14.5. The number of sulfonamides is 1. The zero-order valence-corrected chi connectivity index (χ0v) is 18.5. The number of carbonyl (C=O) groups excluding carboxylic acids is 2. The van der Waals surface area contributed by atoms with Gasteiger partial charge in [-0.25, -0.2) is 13.1 Å². The fraction of sp³-hybridized carbons (Fsp3) is 0.450. The molecule has 0 saturated heterocycles. The van der Waals surface area contributed by atoms with Crippen LogP contribution in [0.15, 0.2) is 30.5 Å². The van der Waals surface area contributed by atoms with E-state index in [1.807, 2.05) is 24.3 Å². The van der Waals surface area contributed by atoms with Gasteiger partial charge in [-0.1, -0.05) is 32.0 Å². The van der Waals surface area contributed by atoms with Crippen molar-refractivity contribution in [3.63, 3.8) is 0 Å². The Labute approximate surface area is 180 Å². The van der Waals surface area contributed by atoms with Gasteiger partial charge >= 0.3 is 5.97 Å². The number of aliphatic carboxylic acids is 1. The summed E-state index contributed by atoms with van der Waals surface area (Å²) in [6, 6.07) is 5.37. The molecule has 0 spiro atoms. The van der Waals surface area contributed by atoms with E-state index in [4.69, 9.17) is 5.11 Å². The number of nitrogens with one attached hydrogen (secondary N) is 4. The lowest BCUT2D eigenvalue weighted by Crippen LogP contribution is -2.54. The van der Waals surface area contributed by atoms with Crippen molar-refractivity contribution in [2.45, 2.75) is 38.8 Å². The van der Waals surface area contributed by atoms with E-state index in [0.717, 1.165) is 16.5 Å². The molecule has 10 nitrogen and oxygen atoms in total. The number of benzene rings is 1. The molecule has 0 bridgehead atoms. The Bertz CT molecular complexity index is 1050. The summed E-state index contributed by atoms with van der Waals surface area (Å²) in [4.78, 5) is 39.2. The van der Waals surface area contributed by atoms with Gasteiger partial charge in [-0.05, 0) is 24.0 Å². The highest BCUT2D eigenvalue weighted by molar-refractivity contribution is 7.90. The average Bonchev–Trinajstić information content (AvgIpc) is 3.07. The van der Waals surface area contributed by atoms with Crippen LogP contribution in [-0.4, -0.2) is 61.2 Å². The largest absolute Gasteiger partial charge is 0.480 e. The number of hydrogen-bond donors (Lipinski definition) is 5. The molecule has 1 aromatic carbocycles. The number of likely N-dealkylation sites (N-methyl/N-ethyl adjacent to an activating group) is 1. The Kier molecular flexibility index (Phi) is 8.17. The van der Waals surface area contributed by atoms with Gasteiger partial charge in [-0.15, -0.1) is 0 Å². The van der Waals surface area contributed by atoms with Crippen LogP contribution in [0.2, 0.25) is 0 Å². The van der Waals surface area contributed by atoms with Crippen molar-refractivity contribution in [3.05, 3.63) is 36.0 Å². The van der Waals surface area contributed by atoms with Gasteiger partial charge in [0, 0.05) is 30.6 Å². The maximum absolute atomic E-state index is 12.9. The second-order valence-corrected chi connectivity index (χ2v) is 9.45. The summed E-state index contributed by atoms with van der Waals surface area (Å²) in [6.07, 6.45) is 2.08. The van der Waals surface area contributed by atoms with Gasteiger partial charge in [0.1, 0.15) is 12.1 Å². The second kappa shape index (κ2) is 10.4. The average molecular weight is 453 g/mol. The first-order valence-corrected chi connectivity index (χ1v) is 11.5. The van der Waals surface area contributed by atoms with Crippen LogP contribution in [0.5, 0.6) is 0 Å². The highest BCUT2D eigenvalue weighted by atomic mass is 32.2. The molecule has 1 heterocycles. The van der Waals surface area contributed by atoms with Gasteiger partial charge in [-0.2, -0.15) is 0 Å². The van der Waals surface area contributed by atoms with E-state index in [9.17, 15) is 22.8 Å². The van der Waals surface area contributed by atoms with Crippen molar-refractivity contribution in [1.29, 1.82) is 0 Å². The number of hydrogen-bond acceptors (Lipinski definition) is 5. The third kappa shape index (κ3) is 7.07. The number of aromatic amines is 1. The van der Waals surface area contributed by atoms with E-state index in [1.54, 1.807) is 20.0 Å². The summed E-state index contributed by atoms with van der Waals surface area (Å²) in [5.74, 6) is -3.87. The van der Waals surface area contributed by atoms with Gasteiger partial charge in [0.25, 0.3) is 0 Å². The highest BCUT2D eigenvalue weighted by Crippen LogP contribution is 2.19. The fourth-order valence-electron chi connectivity index (χ4n) is 3.28. The molecule has 0 radical (unpaired) electrons. The molecule has 2 unspecified atom stereocenters. The molecule has 0 saturated carbocycles. The lowest BCUT2D eigenvalue weighted by atomic mass is 10.0. The summed E-state index contributed by atoms with van der Waals surface area (Å²) >= 11 is 0. The first kappa shape index (κ1) is 24.4. The van der Waals surface area contributed by atoms with E-state index in [2.05, 4.69) is 20.3 Å². The van der Waals surface area contributed by atoms with E-state index < -0.39 is 45.6 Å². The van der Waals surface area contributed by atoms with E-state index in [1.165, 1.54) is 7.05 Å². The minimum Gasteiger partial charge on any atom is -0.480 e. The second-order valence-electron chi connectivity index (χ2n) is 7.69. The van der Waals surface area contributed by atoms with Crippen LogP contribution in [0.4, 0.5) is 0 Å². The van der Waals surface area contributed by atoms with Gasteiger partial charge < -0.3 is 20.7 Å². The van der Waals surface area contributed by atoms with Crippen LogP contribution < -0.4 is 15.4 Å². The smallest absolute Gasteiger partial charge is 0.320 e. The lowest BCUT2D eigenvalue weighted by molar-refractivity contribution is -0.134. The maximum Gasteiger partial charge on any atom is 0.320 e. The number of rotatable bonds is 11. The molecular formula is C20H28N4O6S. The van der Waals surface area contributed by atoms with Crippen molar-refractivity contribution in [2.75, 3.05) is 12.8 Å². The summed E-state index contributed by atoms with van der Waals surface area (Å²) < 4.78 is 26.3. The number of H-pyrrole nitrogens is 1. The summed E-state index contributed by atoms with van der Waals surface area (Å²) in [7, 11) is -2.78. The molecule has 170 valence electrons. The van der Waals surface area contributed by atoms with Gasteiger partial charge in [0.15, 0.2) is 5.75 Å². The number of amides is 2. The zero-order chi connectivity index (χ0) is 23.2. The Morgan fingerprint density at radius 1 is 1.10 bits per heavy atom. The normalized spacial score (nSPS) is 13.7. The molecule has 2 rings (SSSR count). The Balaban J connectivity index is 2.23. The minimum atomic E-state index is -4.23. The van der Waals surface area contributed by atoms with Crippen molar-refractivity contribution in [3.8, 4) is 0 Å². The van der Waals surface area contributed by atoms with Crippen LogP contribution in [0.25, 0.3) is 10.9 Å². The fourth-order valence-corrected chi connectivity index (χ4v) is 4.32. The summed E-state index contributed by atoms with van der Waals surface area (Å²) in [6.45, 7) is 3.60. The molecule has 0 aliphatic carbocycles. The molecule has 2 aromatic rings. The predicted octanol–water partition coefficient (Wildman–Crippen LogP) is 0.360. The molecule has 0 aliphatic heterocycles. The van der Waals surface area contributed by atoms with Crippen LogP contribution in [0.1, 0.15) is 25.8 Å². The zero-order valence-electron chi connectivity index (χ0n) is 17.6. The number of aromatic nitrogens is 1. The SMILES string of the molecule is CNC(=O)C(Cc1c[nH]c2ccccc12)NC(=O)C(CC(C)C)NS(=O)(=O)CC(=O)O. The number of carboxylic acid groups (broad SMARTS) is 1. The molecule has 5 N–H and O–H groups in total. The Morgan fingerprint density at radius 2 is 1.77 bits per heavy atom. The van der Waals surface area contributed by atoms with E-state index >= 15 is 0 Å². The molecule has 0 aliphatic rings. The van der Waals surface area contributed by atoms with Crippen LogP contribution >= 0.6 is 0 Å². The Morgan fingerprint density at radius 3 is 2.39 bits per heavy atom. The van der Waals surface area contributed by atoms with Crippen LogP contribution in [-0.2, 0) is 30.8 Å². The van der Waals surface area contributed by atoms with Crippen molar-refractivity contribution in [2.24, 2.45) is 5.92 Å². The van der Waals surface area contributed by atoms with Crippen molar-refractivity contribution >= 4 is 38.7 Å². The summed E-state index contributed by atoms with van der Waals surface area (Å²) in [5, 5.41) is 14.8. The standard InChI is InChI=1S/C20H28N4O6S/c1-12(2)8-17(24-31(29,30)11-18(25)26)20(28)23-16(19(27)21-3)9-13-10-22-15-7-5-4-6-14(13)15/h4-7,10,12,16-17,22,24H,8-9,11H2,1-3H3,(H,21,27)(H,23,28)(H,25,26). The molecule has 2 amide bonds. The highest BCUT2D eigenvalue weighted by Gasteiger charge is 2.30. The minimum absolute atomic E-state index is 0.0599. The first-order valence-electron chi connectivity index (χ1n) is 9.81. The third-order valence-electron chi connectivity index (χ3n) is 4.64. The third-order valence-corrected chi connectivity index (χ3v) is 5.91. The van der Waals surface area contributed by atoms with Crippen LogP contribution in [0, 0.1) is 5.92 Å². The molecule has 0 fully saturated rings. The van der Waals surface area contributed by atoms with Crippen molar-refractivity contribution < 1.29 is 27.9 Å². The number of fused-ring (bicyclic) bond motifs is 1. The number of carbonyl (C=O) groups is 3. The Hall–Kier alpha value is -2.92. The van der Waals surface area contributed by atoms with E-state index in [0.29, 0.717) is 0 Å². The topological polar surface area (TPSA) is 157 Å².